The highest BCUT2D eigenvalue weighted by atomic mass is 16.2. The number of para-hydroxylation sites is 1. The molecule has 2 heterocycles. The van der Waals surface area contributed by atoms with Crippen molar-refractivity contribution in [1.82, 2.24) is 14.8 Å². The molecule has 4 amide bonds. The van der Waals surface area contributed by atoms with Gasteiger partial charge in [-0.2, -0.15) is 0 Å². The van der Waals surface area contributed by atoms with Gasteiger partial charge in [0.15, 0.2) is 5.92 Å². The molecule has 1 N–H and O–H groups in total. The van der Waals surface area contributed by atoms with E-state index >= 15 is 0 Å². The maximum absolute atomic E-state index is 12.4. The number of H-pyrrole nitrogens is 1. The topological polar surface area (TPSA) is 85.8 Å². The molecule has 2 aromatic rings. The van der Waals surface area contributed by atoms with Crippen molar-refractivity contribution >= 4 is 34.5 Å². The van der Waals surface area contributed by atoms with Crippen molar-refractivity contribution < 1.29 is 14.4 Å². The first kappa shape index (κ1) is 17.8. The van der Waals surface area contributed by atoms with E-state index in [1.165, 1.54) is 14.1 Å². The molecule has 7 nitrogen and oxygen atoms in total. The van der Waals surface area contributed by atoms with Gasteiger partial charge in [-0.1, -0.05) is 25.1 Å². The van der Waals surface area contributed by atoms with Crippen molar-refractivity contribution in [3.05, 3.63) is 36.0 Å². The van der Waals surface area contributed by atoms with Crippen LogP contribution in [0.2, 0.25) is 0 Å². The van der Waals surface area contributed by atoms with Crippen LogP contribution < -0.4 is 0 Å². The molecule has 26 heavy (non-hydrogen) atoms. The summed E-state index contributed by atoms with van der Waals surface area (Å²) in [4.78, 5) is 46.5. The minimum atomic E-state index is -1.00. The Kier molecular flexibility index (Phi) is 4.88. The predicted molar refractivity (Wildman–Crippen MR) is 99.0 cm³/mol. The highest BCUT2D eigenvalue weighted by molar-refractivity contribution is 6.27. The number of rotatable bonds is 5. The molecule has 1 aliphatic rings. The molecule has 1 aromatic carbocycles. The number of nitrogens with one attached hydrogen (secondary N) is 1. The van der Waals surface area contributed by atoms with E-state index in [-0.39, 0.29) is 0 Å². The number of aromatic amines is 1. The Hall–Kier alpha value is -2.96. The van der Waals surface area contributed by atoms with Crippen molar-refractivity contribution in [2.24, 2.45) is 10.9 Å². The minimum Gasteiger partial charge on any atom is -0.361 e. The lowest BCUT2D eigenvalue weighted by Crippen LogP contribution is -2.58. The number of barbiturate groups is 1. The summed E-state index contributed by atoms with van der Waals surface area (Å²) in [5.41, 5.74) is 2.73. The molecule has 7 heteroatoms. The highest BCUT2D eigenvalue weighted by Crippen LogP contribution is 2.20. The van der Waals surface area contributed by atoms with Gasteiger partial charge < -0.3 is 4.98 Å². The molecular weight excluding hydrogens is 332 g/mol. The molecule has 0 bridgehead atoms. The number of urea groups is 1. The number of benzene rings is 1. The summed E-state index contributed by atoms with van der Waals surface area (Å²) in [5, 5.41) is 1.15. The first-order chi connectivity index (χ1) is 12.5. The van der Waals surface area contributed by atoms with Gasteiger partial charge in [-0.3, -0.25) is 24.4 Å². The van der Waals surface area contributed by atoms with Crippen LogP contribution in [0.4, 0.5) is 4.79 Å². The molecule has 3 rings (SSSR count). The summed E-state index contributed by atoms with van der Waals surface area (Å²) in [5.74, 6) is -2.02. The molecule has 1 aliphatic heterocycles. The Balaban J connectivity index is 1.78. The molecule has 1 saturated heterocycles. The fourth-order valence-corrected chi connectivity index (χ4v) is 3.26. The van der Waals surface area contributed by atoms with E-state index in [0.29, 0.717) is 25.1 Å². The Morgan fingerprint density at radius 2 is 1.77 bits per heavy atom. The quantitative estimate of drug-likeness (QED) is 0.660. The SMILES string of the molecule is CCC(=NCCc1c[nH]c2ccccc12)C1C(=O)N(C)C(=O)N(C)C1=O. The smallest absolute Gasteiger partial charge is 0.332 e. The van der Waals surface area contributed by atoms with E-state index in [0.717, 1.165) is 26.3 Å². The molecule has 0 radical (unpaired) electrons. The molecule has 0 unspecified atom stereocenters. The van der Waals surface area contributed by atoms with E-state index in [4.69, 9.17) is 0 Å². The Morgan fingerprint density at radius 3 is 2.42 bits per heavy atom. The van der Waals surface area contributed by atoms with Crippen LogP contribution in [-0.4, -0.2) is 59.0 Å². The number of nitrogens with zero attached hydrogens (tertiary/aromatic N) is 3. The Labute approximate surface area is 151 Å². The molecule has 1 aromatic heterocycles. The molecule has 136 valence electrons. The minimum absolute atomic E-state index is 0.476. The van der Waals surface area contributed by atoms with Gasteiger partial charge >= 0.3 is 6.03 Å². The third-order valence-electron chi connectivity index (χ3n) is 4.80. The molecule has 0 spiro atoms. The number of hydrogen-bond donors (Lipinski definition) is 1. The third kappa shape index (κ3) is 3.00. The van der Waals surface area contributed by atoms with Crippen LogP contribution in [0.3, 0.4) is 0 Å². The number of hydrogen-bond acceptors (Lipinski definition) is 4. The maximum atomic E-state index is 12.4. The predicted octanol–water partition coefficient (Wildman–Crippen LogP) is 2.23. The standard InChI is InChI=1S/C19H22N4O3/c1-4-14(16-17(24)22(2)19(26)23(3)18(16)25)20-10-9-12-11-21-15-8-6-5-7-13(12)15/h5-8,11,16,21H,4,9-10H2,1-3H3. The van der Waals surface area contributed by atoms with Crippen LogP contribution in [0.15, 0.2) is 35.5 Å². The van der Waals surface area contributed by atoms with Crippen LogP contribution in [-0.2, 0) is 16.0 Å². The number of aliphatic imine (C=N–C) groups is 1. The van der Waals surface area contributed by atoms with Crippen LogP contribution in [0, 0.1) is 5.92 Å². The van der Waals surface area contributed by atoms with E-state index < -0.39 is 23.8 Å². The third-order valence-corrected chi connectivity index (χ3v) is 4.80. The van der Waals surface area contributed by atoms with E-state index in [1.54, 1.807) is 0 Å². The Bertz CT molecular complexity index is 875. The normalized spacial score (nSPS) is 16.9. The number of aromatic nitrogens is 1. The van der Waals surface area contributed by atoms with Gasteiger partial charge in [-0.25, -0.2) is 4.79 Å². The number of carbonyl (C=O) groups excluding carboxylic acids is 3. The van der Waals surface area contributed by atoms with Gasteiger partial charge in [-0.15, -0.1) is 0 Å². The van der Waals surface area contributed by atoms with Crippen molar-refractivity contribution in [3.8, 4) is 0 Å². The lowest BCUT2D eigenvalue weighted by atomic mass is 9.96. The number of imide groups is 2. The van der Waals surface area contributed by atoms with E-state index in [2.05, 4.69) is 16.0 Å². The number of fused-ring (bicyclic) bond motifs is 1. The molecule has 0 aliphatic carbocycles. The van der Waals surface area contributed by atoms with Crippen LogP contribution >= 0.6 is 0 Å². The highest BCUT2D eigenvalue weighted by Gasteiger charge is 2.44. The maximum Gasteiger partial charge on any atom is 0.332 e. The number of carbonyl (C=O) groups is 3. The fraction of sp³-hybridized carbons (Fsp3) is 0.368. The van der Waals surface area contributed by atoms with E-state index in [9.17, 15) is 14.4 Å². The van der Waals surface area contributed by atoms with Crippen molar-refractivity contribution in [2.45, 2.75) is 19.8 Å². The van der Waals surface area contributed by atoms with Gasteiger partial charge in [-0.05, 0) is 24.5 Å². The average Bonchev–Trinajstić information content (AvgIpc) is 3.07. The molecule has 1 fully saturated rings. The second-order valence-electron chi connectivity index (χ2n) is 6.35. The lowest BCUT2D eigenvalue weighted by Gasteiger charge is -2.33. The zero-order chi connectivity index (χ0) is 18.8. The second-order valence-corrected chi connectivity index (χ2v) is 6.35. The largest absolute Gasteiger partial charge is 0.361 e. The van der Waals surface area contributed by atoms with Crippen molar-refractivity contribution in [2.75, 3.05) is 20.6 Å². The first-order valence-electron chi connectivity index (χ1n) is 8.63. The zero-order valence-electron chi connectivity index (χ0n) is 15.2. The van der Waals surface area contributed by atoms with Crippen molar-refractivity contribution in [3.63, 3.8) is 0 Å². The lowest BCUT2D eigenvalue weighted by molar-refractivity contribution is -0.144. The summed E-state index contributed by atoms with van der Waals surface area (Å²) >= 11 is 0. The van der Waals surface area contributed by atoms with Gasteiger partial charge in [0.1, 0.15) is 0 Å². The molecule has 0 saturated carbocycles. The molecule has 0 atom stereocenters. The number of amides is 4. The van der Waals surface area contributed by atoms with Gasteiger partial charge in [0.05, 0.1) is 0 Å². The average molecular weight is 354 g/mol. The second kappa shape index (κ2) is 7.11. The van der Waals surface area contributed by atoms with Crippen LogP contribution in [0.5, 0.6) is 0 Å². The van der Waals surface area contributed by atoms with E-state index in [1.807, 2.05) is 31.3 Å². The van der Waals surface area contributed by atoms with Gasteiger partial charge in [0.25, 0.3) is 0 Å². The Morgan fingerprint density at radius 1 is 1.12 bits per heavy atom. The fourth-order valence-electron chi connectivity index (χ4n) is 3.26. The van der Waals surface area contributed by atoms with Crippen LogP contribution in [0.25, 0.3) is 10.9 Å². The monoisotopic (exact) mass is 354 g/mol. The van der Waals surface area contributed by atoms with Crippen molar-refractivity contribution in [1.29, 1.82) is 0 Å². The summed E-state index contributed by atoms with van der Waals surface area (Å²) in [6.45, 7) is 2.34. The van der Waals surface area contributed by atoms with Gasteiger partial charge in [0.2, 0.25) is 11.8 Å². The van der Waals surface area contributed by atoms with Crippen LogP contribution in [0.1, 0.15) is 18.9 Å². The first-order valence-corrected chi connectivity index (χ1v) is 8.63. The molecular formula is C19H22N4O3. The summed E-state index contributed by atoms with van der Waals surface area (Å²) in [6.07, 6.45) is 3.14. The summed E-state index contributed by atoms with van der Waals surface area (Å²) in [6, 6.07) is 7.43. The zero-order valence-corrected chi connectivity index (χ0v) is 15.2. The summed E-state index contributed by atoms with van der Waals surface area (Å²) < 4.78 is 0. The van der Waals surface area contributed by atoms with Gasteiger partial charge in [0, 0.05) is 43.5 Å². The summed E-state index contributed by atoms with van der Waals surface area (Å²) in [7, 11) is 2.78.